The van der Waals surface area contributed by atoms with Gasteiger partial charge in [-0.05, 0) is 81.1 Å². The molecule has 7 rings (SSSR count). The van der Waals surface area contributed by atoms with E-state index in [-0.39, 0.29) is 18.6 Å². The van der Waals surface area contributed by atoms with Crippen LogP contribution in [0.5, 0.6) is 0 Å². The van der Waals surface area contributed by atoms with E-state index in [9.17, 15) is 9.59 Å². The van der Waals surface area contributed by atoms with Crippen molar-refractivity contribution >= 4 is 30.3 Å². The van der Waals surface area contributed by atoms with Gasteiger partial charge >= 0.3 is 5.97 Å². The molecule has 5 aliphatic carbocycles. The molecule has 1 aromatic heterocycles. The van der Waals surface area contributed by atoms with E-state index in [1.807, 2.05) is 6.07 Å². The van der Waals surface area contributed by atoms with Crippen molar-refractivity contribution in [1.29, 1.82) is 0 Å². The fourth-order valence-corrected chi connectivity index (χ4v) is 8.39. The lowest BCUT2D eigenvalue weighted by molar-refractivity contribution is -0.143. The van der Waals surface area contributed by atoms with Gasteiger partial charge in [0.15, 0.2) is 0 Å². The van der Waals surface area contributed by atoms with E-state index in [1.54, 1.807) is 0 Å². The number of carboxylic acid groups (broad SMARTS) is 1. The van der Waals surface area contributed by atoms with Gasteiger partial charge in [0.1, 0.15) is 12.4 Å². The van der Waals surface area contributed by atoms with Gasteiger partial charge in [-0.15, -0.1) is 12.6 Å². The number of anilines is 1. The summed E-state index contributed by atoms with van der Waals surface area (Å²) in [5.41, 5.74) is 1.63. The number of aliphatic carboxylic acids is 1. The summed E-state index contributed by atoms with van der Waals surface area (Å²) < 4.78 is 5.52. The zero-order valence-corrected chi connectivity index (χ0v) is 21.2. The van der Waals surface area contributed by atoms with E-state index in [2.05, 4.69) is 10.2 Å². The molecule has 6 aliphatic rings. The monoisotopic (exact) mass is 499 g/mol. The SMILES string of the molecule is O=C(O)CO[C@@H]1CCN(c2nc(C3CCCC3)c(C(=O)NC3C4CC5CC(C4)CC3C5)cc2S)C1. The number of pyridine rings is 1. The molecule has 35 heavy (non-hydrogen) atoms. The minimum absolute atomic E-state index is 0.0304. The van der Waals surface area contributed by atoms with Crippen LogP contribution < -0.4 is 10.2 Å². The number of carboxylic acids is 1. The lowest BCUT2D eigenvalue weighted by Crippen LogP contribution is -2.55. The van der Waals surface area contributed by atoms with Gasteiger partial charge in [-0.1, -0.05) is 12.8 Å². The van der Waals surface area contributed by atoms with Crippen LogP contribution >= 0.6 is 12.6 Å². The molecule has 1 aliphatic heterocycles. The third kappa shape index (κ3) is 4.68. The number of amides is 1. The summed E-state index contributed by atoms with van der Waals surface area (Å²) in [5.74, 6) is 3.23. The predicted octanol–water partition coefficient (Wildman–Crippen LogP) is 4.26. The van der Waals surface area contributed by atoms with E-state index >= 15 is 0 Å². The molecule has 0 radical (unpaired) electrons. The highest BCUT2D eigenvalue weighted by Gasteiger charge is 2.48. The van der Waals surface area contributed by atoms with Crippen LogP contribution in [0.15, 0.2) is 11.0 Å². The number of thiol groups is 1. The number of aromatic nitrogens is 1. The van der Waals surface area contributed by atoms with Crippen molar-refractivity contribution in [3.05, 3.63) is 17.3 Å². The van der Waals surface area contributed by atoms with Gasteiger partial charge in [0.05, 0.1) is 17.4 Å². The summed E-state index contributed by atoms with van der Waals surface area (Å²) >= 11 is 4.77. The van der Waals surface area contributed by atoms with Gasteiger partial charge in [-0.25, -0.2) is 9.78 Å². The lowest BCUT2D eigenvalue weighted by atomic mass is 9.54. The maximum absolute atomic E-state index is 13.7. The summed E-state index contributed by atoms with van der Waals surface area (Å²) in [6.45, 7) is 1.06. The molecular formula is C27H37N3O4S. The minimum atomic E-state index is -0.950. The number of carbonyl (C=O) groups excluding carboxylic acids is 1. The van der Waals surface area contributed by atoms with Gasteiger partial charge in [0, 0.05) is 29.9 Å². The molecule has 5 saturated carbocycles. The van der Waals surface area contributed by atoms with Crippen molar-refractivity contribution in [1.82, 2.24) is 10.3 Å². The summed E-state index contributed by atoms with van der Waals surface area (Å²) in [5, 5.41) is 12.4. The summed E-state index contributed by atoms with van der Waals surface area (Å²) in [4.78, 5) is 32.5. The third-order valence-electron chi connectivity index (χ3n) is 9.41. The van der Waals surface area contributed by atoms with Crippen molar-refractivity contribution in [3.63, 3.8) is 0 Å². The normalized spacial score (nSPS) is 34.0. The average Bonchev–Trinajstić information content (AvgIpc) is 3.52. The number of nitrogens with one attached hydrogen (secondary N) is 1. The van der Waals surface area contributed by atoms with Crippen LogP contribution in [-0.4, -0.2) is 53.8 Å². The average molecular weight is 500 g/mol. The van der Waals surface area contributed by atoms with Crippen molar-refractivity contribution in [2.45, 2.75) is 87.2 Å². The van der Waals surface area contributed by atoms with Crippen LogP contribution in [-0.2, 0) is 9.53 Å². The highest BCUT2D eigenvalue weighted by molar-refractivity contribution is 7.80. The van der Waals surface area contributed by atoms with Crippen LogP contribution in [0.3, 0.4) is 0 Å². The molecule has 4 bridgehead atoms. The zero-order valence-electron chi connectivity index (χ0n) is 20.3. The van der Waals surface area contributed by atoms with E-state index in [1.165, 1.54) is 44.9 Å². The number of hydrogen-bond acceptors (Lipinski definition) is 6. The van der Waals surface area contributed by atoms with Crippen LogP contribution in [0.4, 0.5) is 5.82 Å². The Bertz CT molecular complexity index is 967. The Balaban J connectivity index is 1.23. The maximum atomic E-state index is 13.7. The molecule has 7 nitrogen and oxygen atoms in total. The topological polar surface area (TPSA) is 91.8 Å². The number of ether oxygens (including phenoxy) is 1. The van der Waals surface area contributed by atoms with E-state index in [4.69, 9.17) is 27.5 Å². The zero-order chi connectivity index (χ0) is 24.1. The van der Waals surface area contributed by atoms with Crippen LogP contribution in [0, 0.1) is 23.7 Å². The second-order valence-electron chi connectivity index (χ2n) is 11.7. The van der Waals surface area contributed by atoms with Gasteiger partial charge < -0.3 is 20.1 Å². The number of rotatable bonds is 7. The molecule has 6 fully saturated rings. The standard InChI is InChI=1S/C27H37N3O4S/c31-23(32)14-34-20-5-6-30(13-20)26-22(35)12-21(25(28-26)17-3-1-2-4-17)27(33)29-24-18-8-15-7-16(10-18)11-19(24)9-15/h12,15-20,24,35H,1-11,13-14H2,(H,29,33)(H,31,32)/t15?,16?,18?,19?,20-,24?/m1/s1. The third-order valence-corrected chi connectivity index (χ3v) is 9.74. The van der Waals surface area contributed by atoms with Crippen molar-refractivity contribution in [2.75, 3.05) is 24.6 Å². The molecule has 0 unspecified atom stereocenters. The van der Waals surface area contributed by atoms with E-state index in [0.717, 1.165) is 49.2 Å². The van der Waals surface area contributed by atoms with Gasteiger partial charge in [0.2, 0.25) is 0 Å². The summed E-state index contributed by atoms with van der Waals surface area (Å²) in [6.07, 6.45) is 11.7. The first kappa shape index (κ1) is 23.6. The fourth-order valence-electron chi connectivity index (χ4n) is 8.07. The Labute approximate surface area is 212 Å². The summed E-state index contributed by atoms with van der Waals surface area (Å²) in [7, 11) is 0. The predicted molar refractivity (Wildman–Crippen MR) is 135 cm³/mol. The largest absolute Gasteiger partial charge is 0.480 e. The molecular weight excluding hydrogens is 462 g/mol. The molecule has 8 heteroatoms. The number of hydrogen-bond donors (Lipinski definition) is 3. The van der Waals surface area contributed by atoms with Crippen LogP contribution in [0.1, 0.15) is 86.2 Å². The van der Waals surface area contributed by atoms with Crippen LogP contribution in [0.25, 0.3) is 0 Å². The first-order valence-electron chi connectivity index (χ1n) is 13.6. The fraction of sp³-hybridized carbons (Fsp3) is 0.741. The van der Waals surface area contributed by atoms with Gasteiger partial charge in [0.25, 0.3) is 5.91 Å². The molecule has 190 valence electrons. The Hall–Kier alpha value is -1.80. The first-order chi connectivity index (χ1) is 16.9. The molecule has 2 heterocycles. The van der Waals surface area contributed by atoms with Crippen molar-refractivity contribution in [3.8, 4) is 0 Å². The van der Waals surface area contributed by atoms with Gasteiger partial charge in [-0.2, -0.15) is 0 Å². The van der Waals surface area contributed by atoms with Crippen molar-refractivity contribution in [2.24, 2.45) is 23.7 Å². The molecule has 0 spiro atoms. The molecule has 1 saturated heterocycles. The first-order valence-corrected chi connectivity index (χ1v) is 14.0. The Morgan fingerprint density at radius 3 is 2.43 bits per heavy atom. The Morgan fingerprint density at radius 1 is 1.09 bits per heavy atom. The molecule has 1 amide bonds. The second-order valence-corrected chi connectivity index (χ2v) is 12.2. The molecule has 0 aromatic carbocycles. The molecule has 1 aromatic rings. The highest BCUT2D eigenvalue weighted by atomic mass is 32.1. The second kappa shape index (κ2) is 9.58. The quantitative estimate of drug-likeness (QED) is 0.486. The highest BCUT2D eigenvalue weighted by Crippen LogP contribution is 2.53. The lowest BCUT2D eigenvalue weighted by Gasteiger charge is -2.54. The smallest absolute Gasteiger partial charge is 0.329 e. The maximum Gasteiger partial charge on any atom is 0.329 e. The van der Waals surface area contributed by atoms with Gasteiger partial charge in [-0.3, -0.25) is 4.79 Å². The van der Waals surface area contributed by atoms with E-state index < -0.39 is 5.97 Å². The molecule has 1 atom stereocenters. The Kier molecular flexibility index (Phi) is 6.46. The number of nitrogens with zero attached hydrogens (tertiary/aromatic N) is 2. The Morgan fingerprint density at radius 2 is 1.77 bits per heavy atom. The van der Waals surface area contributed by atoms with Crippen molar-refractivity contribution < 1.29 is 19.4 Å². The minimum Gasteiger partial charge on any atom is -0.480 e. The van der Waals surface area contributed by atoms with Crippen LogP contribution in [0.2, 0.25) is 0 Å². The molecule has 2 N–H and O–H groups in total. The summed E-state index contributed by atoms with van der Waals surface area (Å²) in [6, 6.07) is 2.25. The van der Waals surface area contributed by atoms with E-state index in [0.29, 0.717) is 40.8 Å². The number of carbonyl (C=O) groups is 2.